The number of carbonyl (C=O) groups is 1. The number of nitrogens with one attached hydrogen (secondary N) is 1. The number of aromatic nitrogens is 4. The standard InChI is InChI=1S/C23H22N6O2S/c1-29-8-6-19(7-9-29)31-18-4-2-15(3-5-18)22(30)27-21-11-16-10-17(23-28-26-14-32-23)12-24-20(16)13-25-21/h2-5,10-14,19H,6-9H2,1H3,(H,25,27,30). The average Bonchev–Trinajstić information content (AvgIpc) is 3.36. The largest absolute Gasteiger partial charge is 0.490 e. The van der Waals surface area contributed by atoms with Gasteiger partial charge in [-0.2, -0.15) is 0 Å². The Morgan fingerprint density at radius 3 is 2.69 bits per heavy atom. The van der Waals surface area contributed by atoms with E-state index >= 15 is 0 Å². The van der Waals surface area contributed by atoms with E-state index in [1.165, 1.54) is 11.3 Å². The van der Waals surface area contributed by atoms with Gasteiger partial charge >= 0.3 is 0 Å². The molecule has 1 saturated heterocycles. The molecule has 9 heteroatoms. The summed E-state index contributed by atoms with van der Waals surface area (Å²) in [7, 11) is 2.13. The number of ether oxygens (including phenoxy) is 1. The van der Waals surface area contributed by atoms with E-state index < -0.39 is 0 Å². The lowest BCUT2D eigenvalue weighted by atomic mass is 10.1. The molecule has 1 aromatic carbocycles. The molecule has 0 spiro atoms. The van der Waals surface area contributed by atoms with Gasteiger partial charge in [-0.3, -0.25) is 9.78 Å². The summed E-state index contributed by atoms with van der Waals surface area (Å²) in [5.74, 6) is 1.02. The molecule has 162 valence electrons. The third-order valence-corrected chi connectivity index (χ3v) is 6.24. The molecule has 0 saturated carbocycles. The molecule has 4 heterocycles. The summed E-state index contributed by atoms with van der Waals surface area (Å²) >= 11 is 1.45. The normalized spacial score (nSPS) is 15.0. The summed E-state index contributed by atoms with van der Waals surface area (Å²) < 4.78 is 6.06. The lowest BCUT2D eigenvalue weighted by Crippen LogP contribution is -2.35. The van der Waals surface area contributed by atoms with Gasteiger partial charge in [0.2, 0.25) is 0 Å². The van der Waals surface area contributed by atoms with Gasteiger partial charge in [0.1, 0.15) is 28.2 Å². The molecule has 4 aromatic rings. The quantitative estimate of drug-likeness (QED) is 0.497. The van der Waals surface area contributed by atoms with E-state index in [1.54, 1.807) is 30.0 Å². The molecule has 1 aliphatic rings. The highest BCUT2D eigenvalue weighted by molar-refractivity contribution is 7.12. The molecule has 8 nitrogen and oxygen atoms in total. The molecule has 0 unspecified atom stereocenters. The number of anilines is 1. The van der Waals surface area contributed by atoms with Gasteiger partial charge in [0, 0.05) is 35.8 Å². The van der Waals surface area contributed by atoms with Crippen LogP contribution in [0.5, 0.6) is 5.75 Å². The van der Waals surface area contributed by atoms with E-state index in [4.69, 9.17) is 4.74 Å². The van der Waals surface area contributed by atoms with Gasteiger partial charge in [-0.25, -0.2) is 4.98 Å². The molecule has 0 bridgehead atoms. The van der Waals surface area contributed by atoms with Crippen LogP contribution >= 0.6 is 11.3 Å². The fourth-order valence-corrected chi connectivity index (χ4v) is 4.22. The van der Waals surface area contributed by atoms with Crippen molar-refractivity contribution in [3.63, 3.8) is 0 Å². The third-order valence-electron chi connectivity index (χ3n) is 5.50. The number of piperidine rings is 1. The highest BCUT2D eigenvalue weighted by Gasteiger charge is 2.18. The SMILES string of the molecule is CN1CCC(Oc2ccc(C(=O)Nc3cc4cc(-c5nncs5)cnc4cn3)cc2)CC1. The van der Waals surface area contributed by atoms with E-state index in [2.05, 4.69) is 37.4 Å². The van der Waals surface area contributed by atoms with Gasteiger partial charge in [0.05, 0.1) is 11.7 Å². The number of benzene rings is 1. The van der Waals surface area contributed by atoms with Crippen LogP contribution in [-0.4, -0.2) is 57.2 Å². The van der Waals surface area contributed by atoms with Gasteiger partial charge in [0.25, 0.3) is 5.91 Å². The average molecular weight is 447 g/mol. The molecule has 32 heavy (non-hydrogen) atoms. The highest BCUT2D eigenvalue weighted by atomic mass is 32.1. The number of nitrogens with zero attached hydrogens (tertiary/aromatic N) is 5. The van der Waals surface area contributed by atoms with Crippen LogP contribution in [0.1, 0.15) is 23.2 Å². The second kappa shape index (κ2) is 8.97. The Hall–Kier alpha value is -3.43. The van der Waals surface area contributed by atoms with E-state index in [0.717, 1.165) is 53.2 Å². The van der Waals surface area contributed by atoms with Crippen LogP contribution in [0.3, 0.4) is 0 Å². The number of amides is 1. The van der Waals surface area contributed by atoms with Crippen molar-refractivity contribution >= 4 is 34.0 Å². The third kappa shape index (κ3) is 4.58. The maximum absolute atomic E-state index is 12.7. The highest BCUT2D eigenvalue weighted by Crippen LogP contribution is 2.25. The maximum atomic E-state index is 12.7. The van der Waals surface area contributed by atoms with Crippen molar-refractivity contribution in [3.8, 4) is 16.3 Å². The van der Waals surface area contributed by atoms with Gasteiger partial charge in [-0.1, -0.05) is 11.3 Å². The zero-order valence-electron chi connectivity index (χ0n) is 17.6. The number of hydrogen-bond donors (Lipinski definition) is 1. The zero-order chi connectivity index (χ0) is 21.9. The lowest BCUT2D eigenvalue weighted by molar-refractivity contribution is 0.102. The summed E-state index contributed by atoms with van der Waals surface area (Å²) in [4.78, 5) is 23.8. The summed E-state index contributed by atoms with van der Waals surface area (Å²) in [6, 6.07) is 11.0. The smallest absolute Gasteiger partial charge is 0.256 e. The van der Waals surface area contributed by atoms with E-state index in [9.17, 15) is 4.79 Å². The Kier molecular flexibility index (Phi) is 5.74. The Morgan fingerprint density at radius 1 is 1.12 bits per heavy atom. The number of fused-ring (bicyclic) bond motifs is 1. The summed E-state index contributed by atoms with van der Waals surface area (Å²) in [5.41, 5.74) is 3.85. The lowest BCUT2D eigenvalue weighted by Gasteiger charge is -2.29. The molecule has 0 aliphatic carbocycles. The first kappa shape index (κ1) is 20.5. The van der Waals surface area contributed by atoms with Crippen LogP contribution in [0.2, 0.25) is 0 Å². The molecular weight excluding hydrogens is 424 g/mol. The fourth-order valence-electron chi connectivity index (χ4n) is 3.68. The van der Waals surface area contributed by atoms with Crippen molar-refractivity contribution in [3.05, 3.63) is 59.9 Å². The second-order valence-electron chi connectivity index (χ2n) is 7.83. The minimum Gasteiger partial charge on any atom is -0.490 e. The van der Waals surface area contributed by atoms with Crippen molar-refractivity contribution in [2.75, 3.05) is 25.5 Å². The Morgan fingerprint density at radius 2 is 1.94 bits per heavy atom. The minimum atomic E-state index is -0.226. The summed E-state index contributed by atoms with van der Waals surface area (Å²) in [6.07, 6.45) is 5.65. The van der Waals surface area contributed by atoms with E-state index in [1.807, 2.05) is 24.3 Å². The first-order valence-corrected chi connectivity index (χ1v) is 11.3. The van der Waals surface area contributed by atoms with Crippen LogP contribution in [0.25, 0.3) is 21.5 Å². The summed E-state index contributed by atoms with van der Waals surface area (Å²) in [5, 5.41) is 12.5. The predicted molar refractivity (Wildman–Crippen MR) is 124 cm³/mol. The molecule has 0 atom stereocenters. The summed E-state index contributed by atoms with van der Waals surface area (Å²) in [6.45, 7) is 2.09. The Labute approximate surface area is 189 Å². The second-order valence-corrected chi connectivity index (χ2v) is 8.66. The maximum Gasteiger partial charge on any atom is 0.256 e. The minimum absolute atomic E-state index is 0.226. The molecular formula is C23H22N6O2S. The van der Waals surface area contributed by atoms with Crippen LogP contribution in [0, 0.1) is 0 Å². The monoisotopic (exact) mass is 446 g/mol. The van der Waals surface area contributed by atoms with Crippen molar-refractivity contribution < 1.29 is 9.53 Å². The van der Waals surface area contributed by atoms with Gasteiger partial charge in [0.15, 0.2) is 0 Å². The first-order chi connectivity index (χ1) is 15.6. The predicted octanol–water partition coefficient (Wildman–Crippen LogP) is 3.87. The number of hydrogen-bond acceptors (Lipinski definition) is 8. The van der Waals surface area contributed by atoms with Crippen LogP contribution < -0.4 is 10.1 Å². The van der Waals surface area contributed by atoms with Crippen molar-refractivity contribution in [2.24, 2.45) is 0 Å². The molecule has 1 amide bonds. The van der Waals surface area contributed by atoms with Gasteiger partial charge in [-0.05, 0) is 56.3 Å². The van der Waals surface area contributed by atoms with Crippen LogP contribution in [0.15, 0.2) is 54.3 Å². The van der Waals surface area contributed by atoms with Gasteiger partial charge in [-0.15, -0.1) is 10.2 Å². The fraction of sp³-hybridized carbons (Fsp3) is 0.261. The number of carbonyl (C=O) groups excluding carboxylic acids is 1. The molecule has 1 fully saturated rings. The molecule has 5 rings (SSSR count). The molecule has 3 aromatic heterocycles. The van der Waals surface area contributed by atoms with Crippen LogP contribution in [-0.2, 0) is 0 Å². The zero-order valence-corrected chi connectivity index (χ0v) is 18.4. The number of rotatable bonds is 5. The molecule has 1 N–H and O–H groups in total. The molecule has 1 aliphatic heterocycles. The van der Waals surface area contributed by atoms with Crippen molar-refractivity contribution in [1.29, 1.82) is 0 Å². The number of pyridine rings is 2. The Balaban J connectivity index is 1.26. The first-order valence-electron chi connectivity index (χ1n) is 10.4. The van der Waals surface area contributed by atoms with Gasteiger partial charge < -0.3 is 15.0 Å². The van der Waals surface area contributed by atoms with E-state index in [-0.39, 0.29) is 12.0 Å². The van der Waals surface area contributed by atoms with Crippen molar-refractivity contribution in [2.45, 2.75) is 18.9 Å². The topological polar surface area (TPSA) is 93.1 Å². The number of likely N-dealkylation sites (tertiary alicyclic amines) is 1. The Bertz CT molecular complexity index is 1220. The van der Waals surface area contributed by atoms with Crippen molar-refractivity contribution in [1.82, 2.24) is 25.1 Å². The van der Waals surface area contributed by atoms with Crippen LogP contribution in [0.4, 0.5) is 5.82 Å². The van der Waals surface area contributed by atoms with E-state index in [0.29, 0.717) is 11.4 Å². The molecule has 0 radical (unpaired) electrons.